The number of halogens is 1. The molecule has 1 atom stereocenters. The lowest BCUT2D eigenvalue weighted by atomic mass is 10.0. The van der Waals surface area contributed by atoms with Crippen molar-refractivity contribution in [2.24, 2.45) is 0 Å². The largest absolute Gasteiger partial charge is 0.392 e. The van der Waals surface area contributed by atoms with Crippen molar-refractivity contribution in [1.29, 1.82) is 0 Å². The number of rotatable bonds is 7. The molecule has 0 aliphatic carbocycles. The van der Waals surface area contributed by atoms with Crippen LogP contribution in [-0.2, 0) is 4.74 Å². The standard InChI is InChI=1S/C14H21FO2S/c1-14(2,17-3)8-7-12(16)10-18-13-6-4-5-11(15)9-13/h4-6,9,12,16H,7-8,10H2,1-3H3. The van der Waals surface area contributed by atoms with E-state index >= 15 is 0 Å². The third kappa shape index (κ3) is 5.85. The van der Waals surface area contributed by atoms with E-state index in [4.69, 9.17) is 4.74 Å². The summed E-state index contributed by atoms with van der Waals surface area (Å²) in [5.41, 5.74) is -0.204. The molecule has 0 bridgehead atoms. The molecule has 0 radical (unpaired) electrons. The Morgan fingerprint density at radius 3 is 2.78 bits per heavy atom. The first-order chi connectivity index (χ1) is 8.43. The fourth-order valence-electron chi connectivity index (χ4n) is 1.45. The first kappa shape index (κ1) is 15.5. The zero-order chi connectivity index (χ0) is 13.6. The second-order valence-electron chi connectivity index (χ2n) is 4.92. The average Bonchev–Trinajstić information content (AvgIpc) is 2.34. The Kier molecular flexibility index (Phi) is 6.12. The summed E-state index contributed by atoms with van der Waals surface area (Å²) in [4.78, 5) is 0.847. The van der Waals surface area contributed by atoms with Gasteiger partial charge in [0.2, 0.25) is 0 Å². The minimum atomic E-state index is -0.396. The summed E-state index contributed by atoms with van der Waals surface area (Å²) in [7, 11) is 1.67. The lowest BCUT2D eigenvalue weighted by Crippen LogP contribution is -2.25. The lowest BCUT2D eigenvalue weighted by molar-refractivity contribution is 0.00494. The molecule has 2 nitrogen and oxygen atoms in total. The molecule has 0 saturated carbocycles. The van der Waals surface area contributed by atoms with Crippen LogP contribution in [-0.4, -0.2) is 29.7 Å². The van der Waals surface area contributed by atoms with Gasteiger partial charge in [0.1, 0.15) is 5.82 Å². The number of methoxy groups -OCH3 is 1. The van der Waals surface area contributed by atoms with Crippen molar-refractivity contribution >= 4 is 11.8 Å². The maximum absolute atomic E-state index is 12.9. The molecule has 0 fully saturated rings. The molecule has 1 N–H and O–H groups in total. The third-order valence-electron chi connectivity index (χ3n) is 2.87. The number of aliphatic hydroxyl groups excluding tert-OH is 1. The summed E-state index contributed by atoms with van der Waals surface area (Å²) in [5, 5.41) is 9.87. The van der Waals surface area contributed by atoms with Crippen LogP contribution in [0.5, 0.6) is 0 Å². The molecule has 0 aromatic heterocycles. The van der Waals surface area contributed by atoms with Crippen LogP contribution in [0, 0.1) is 5.82 Å². The molecular formula is C14H21FO2S. The van der Waals surface area contributed by atoms with E-state index in [-0.39, 0.29) is 11.4 Å². The maximum Gasteiger partial charge on any atom is 0.124 e. The fraction of sp³-hybridized carbons (Fsp3) is 0.571. The van der Waals surface area contributed by atoms with Gasteiger partial charge in [-0.25, -0.2) is 4.39 Å². The highest BCUT2D eigenvalue weighted by Crippen LogP contribution is 2.22. The van der Waals surface area contributed by atoms with Crippen LogP contribution in [0.15, 0.2) is 29.2 Å². The number of aliphatic hydroxyl groups is 1. The van der Waals surface area contributed by atoms with Gasteiger partial charge in [-0.2, -0.15) is 0 Å². The van der Waals surface area contributed by atoms with Crippen LogP contribution in [0.1, 0.15) is 26.7 Å². The van der Waals surface area contributed by atoms with Crippen molar-refractivity contribution in [3.63, 3.8) is 0 Å². The van der Waals surface area contributed by atoms with Gasteiger partial charge in [0.25, 0.3) is 0 Å². The van der Waals surface area contributed by atoms with Crippen LogP contribution in [0.3, 0.4) is 0 Å². The molecule has 0 saturated heterocycles. The topological polar surface area (TPSA) is 29.5 Å². The Balaban J connectivity index is 2.31. The van der Waals surface area contributed by atoms with Gasteiger partial charge in [-0.3, -0.25) is 0 Å². The van der Waals surface area contributed by atoms with E-state index in [1.807, 2.05) is 19.9 Å². The first-order valence-corrected chi connectivity index (χ1v) is 7.03. The van der Waals surface area contributed by atoms with Gasteiger partial charge in [-0.1, -0.05) is 6.07 Å². The molecule has 1 aromatic rings. The Bertz CT molecular complexity index is 369. The monoisotopic (exact) mass is 272 g/mol. The molecule has 1 rings (SSSR count). The van der Waals surface area contributed by atoms with E-state index in [0.717, 1.165) is 11.3 Å². The third-order valence-corrected chi connectivity index (χ3v) is 4.01. The number of benzene rings is 1. The average molecular weight is 272 g/mol. The van der Waals surface area contributed by atoms with Crippen molar-refractivity contribution in [3.8, 4) is 0 Å². The second-order valence-corrected chi connectivity index (χ2v) is 6.02. The maximum atomic E-state index is 12.9. The van der Waals surface area contributed by atoms with Gasteiger partial charge in [0.15, 0.2) is 0 Å². The minimum Gasteiger partial charge on any atom is -0.392 e. The Hall–Kier alpha value is -0.580. The summed E-state index contributed by atoms with van der Waals surface area (Å²) in [5.74, 6) is 0.332. The summed E-state index contributed by atoms with van der Waals surface area (Å²) in [6, 6.07) is 6.43. The van der Waals surface area contributed by atoms with Crippen LogP contribution in [0.2, 0.25) is 0 Å². The molecular weight excluding hydrogens is 251 g/mol. The van der Waals surface area contributed by atoms with E-state index in [1.165, 1.54) is 23.9 Å². The summed E-state index contributed by atoms with van der Waals surface area (Å²) < 4.78 is 18.2. The number of thioether (sulfide) groups is 1. The highest BCUT2D eigenvalue weighted by Gasteiger charge is 2.18. The molecule has 0 heterocycles. The van der Waals surface area contributed by atoms with Crippen molar-refractivity contribution < 1.29 is 14.2 Å². The number of ether oxygens (including phenoxy) is 1. The van der Waals surface area contributed by atoms with Crippen molar-refractivity contribution in [1.82, 2.24) is 0 Å². The summed E-state index contributed by atoms with van der Waals surface area (Å²) in [6.45, 7) is 4.00. The van der Waals surface area contributed by atoms with Crippen LogP contribution in [0.25, 0.3) is 0 Å². The molecule has 1 unspecified atom stereocenters. The Labute approximate surface area is 113 Å². The fourth-order valence-corrected chi connectivity index (χ4v) is 2.37. The molecule has 4 heteroatoms. The van der Waals surface area contributed by atoms with Crippen molar-refractivity contribution in [3.05, 3.63) is 30.1 Å². The Morgan fingerprint density at radius 2 is 2.17 bits per heavy atom. The Morgan fingerprint density at radius 1 is 1.44 bits per heavy atom. The van der Waals surface area contributed by atoms with Gasteiger partial charge in [0, 0.05) is 17.8 Å². The quantitative estimate of drug-likeness (QED) is 0.771. The number of hydrogen-bond donors (Lipinski definition) is 1. The number of hydrogen-bond acceptors (Lipinski definition) is 3. The highest BCUT2D eigenvalue weighted by atomic mass is 32.2. The van der Waals surface area contributed by atoms with Gasteiger partial charge >= 0.3 is 0 Å². The van der Waals surface area contributed by atoms with Gasteiger partial charge in [0.05, 0.1) is 11.7 Å². The highest BCUT2D eigenvalue weighted by molar-refractivity contribution is 7.99. The predicted molar refractivity (Wildman–Crippen MR) is 73.5 cm³/mol. The van der Waals surface area contributed by atoms with Crippen LogP contribution < -0.4 is 0 Å². The van der Waals surface area contributed by atoms with Gasteiger partial charge in [-0.05, 0) is 44.9 Å². The molecule has 0 spiro atoms. The van der Waals surface area contributed by atoms with Crippen molar-refractivity contribution in [2.75, 3.05) is 12.9 Å². The molecule has 1 aromatic carbocycles. The second kappa shape index (κ2) is 7.12. The molecule has 0 amide bonds. The van der Waals surface area contributed by atoms with E-state index in [9.17, 15) is 9.50 Å². The normalized spacial score (nSPS) is 13.6. The van der Waals surface area contributed by atoms with E-state index < -0.39 is 6.10 Å². The minimum absolute atomic E-state index is 0.204. The molecule has 0 aliphatic rings. The zero-order valence-corrected chi connectivity index (χ0v) is 12.0. The van der Waals surface area contributed by atoms with E-state index in [1.54, 1.807) is 13.2 Å². The molecule has 102 valence electrons. The first-order valence-electron chi connectivity index (χ1n) is 6.04. The summed E-state index contributed by atoms with van der Waals surface area (Å²) in [6.07, 6.45) is 1.09. The SMILES string of the molecule is COC(C)(C)CCC(O)CSc1cccc(F)c1. The lowest BCUT2D eigenvalue weighted by Gasteiger charge is -2.24. The zero-order valence-electron chi connectivity index (χ0n) is 11.1. The van der Waals surface area contributed by atoms with Gasteiger partial charge < -0.3 is 9.84 Å². The predicted octanol–water partition coefficient (Wildman–Crippen LogP) is 3.48. The molecule has 0 aliphatic heterocycles. The molecule has 18 heavy (non-hydrogen) atoms. The smallest absolute Gasteiger partial charge is 0.124 e. The van der Waals surface area contributed by atoms with Crippen LogP contribution >= 0.6 is 11.8 Å². The van der Waals surface area contributed by atoms with E-state index in [2.05, 4.69) is 0 Å². The van der Waals surface area contributed by atoms with E-state index in [0.29, 0.717) is 12.2 Å². The van der Waals surface area contributed by atoms with Crippen LogP contribution in [0.4, 0.5) is 4.39 Å². The van der Waals surface area contributed by atoms with Gasteiger partial charge in [-0.15, -0.1) is 11.8 Å². The van der Waals surface area contributed by atoms with Crippen molar-refractivity contribution in [2.45, 2.75) is 43.3 Å². The summed E-state index contributed by atoms with van der Waals surface area (Å²) >= 11 is 1.47.